The monoisotopic (exact) mass is 512 g/mol. The van der Waals surface area contributed by atoms with Crippen LogP contribution in [0.2, 0.25) is 0 Å². The molecule has 4 amide bonds. The largest absolute Gasteiger partial charge is 0.480 e. The summed E-state index contributed by atoms with van der Waals surface area (Å²) in [4.78, 5) is 60.9. The van der Waals surface area contributed by atoms with E-state index in [9.17, 15) is 29.1 Å². The van der Waals surface area contributed by atoms with Crippen LogP contribution in [0.4, 0.5) is 14.4 Å². The fraction of sp³-hybridized carbons (Fsp3) is 0.346. The first-order valence-electron chi connectivity index (χ1n) is 11.8. The molecule has 11 nitrogen and oxygen atoms in total. The van der Waals surface area contributed by atoms with Gasteiger partial charge >= 0.3 is 24.2 Å². The van der Waals surface area contributed by atoms with Crippen molar-refractivity contribution < 1.29 is 43.3 Å². The lowest BCUT2D eigenvalue weighted by Crippen LogP contribution is -2.45. The van der Waals surface area contributed by atoms with E-state index in [2.05, 4.69) is 5.32 Å². The Morgan fingerprint density at radius 2 is 1.38 bits per heavy atom. The third-order valence-corrected chi connectivity index (χ3v) is 5.73. The van der Waals surface area contributed by atoms with Crippen LogP contribution < -0.4 is 5.32 Å². The molecule has 0 bridgehead atoms. The van der Waals surface area contributed by atoms with Crippen LogP contribution >= 0.6 is 0 Å². The van der Waals surface area contributed by atoms with Gasteiger partial charge in [-0.15, -0.1) is 4.90 Å². The molecule has 2 aromatic carbocycles. The first-order chi connectivity index (χ1) is 17.8. The summed E-state index contributed by atoms with van der Waals surface area (Å²) in [7, 11) is 0. The van der Waals surface area contributed by atoms with Crippen LogP contribution in [-0.4, -0.2) is 66.0 Å². The van der Waals surface area contributed by atoms with Crippen molar-refractivity contribution in [2.24, 2.45) is 0 Å². The summed E-state index contributed by atoms with van der Waals surface area (Å²) in [5.41, 5.74) is 4.08. The Morgan fingerprint density at radius 1 is 0.865 bits per heavy atom. The number of carboxylic acid groups (broad SMARTS) is 1. The first kappa shape index (κ1) is 27.2. The highest BCUT2D eigenvalue weighted by atomic mass is 16.6. The van der Waals surface area contributed by atoms with Gasteiger partial charge in [-0.3, -0.25) is 4.79 Å². The second kappa shape index (κ2) is 12.5. The fourth-order valence-electron chi connectivity index (χ4n) is 4.07. The predicted octanol–water partition coefficient (Wildman–Crippen LogP) is 3.90. The maximum Gasteiger partial charge on any atom is 0.426 e. The van der Waals surface area contributed by atoms with Gasteiger partial charge in [-0.1, -0.05) is 48.5 Å². The summed E-state index contributed by atoms with van der Waals surface area (Å²) < 4.78 is 14.8. The number of rotatable bonds is 9. The number of carbonyl (C=O) groups excluding carboxylic acids is 4. The number of amides is 4. The molecule has 0 saturated carbocycles. The summed E-state index contributed by atoms with van der Waals surface area (Å²) >= 11 is 0. The Hall–Kier alpha value is -4.41. The first-order valence-corrected chi connectivity index (χ1v) is 11.8. The molecule has 0 saturated heterocycles. The molecule has 0 heterocycles. The van der Waals surface area contributed by atoms with Crippen molar-refractivity contribution in [3.63, 3.8) is 0 Å². The van der Waals surface area contributed by atoms with Crippen LogP contribution in [0.1, 0.15) is 43.7 Å². The van der Waals surface area contributed by atoms with Crippen molar-refractivity contribution in [1.29, 1.82) is 0 Å². The molecule has 0 aliphatic heterocycles. The summed E-state index contributed by atoms with van der Waals surface area (Å²) in [6.07, 6.45) is -4.41. The molecule has 3 rings (SSSR count). The van der Waals surface area contributed by atoms with Crippen LogP contribution in [-0.2, 0) is 23.8 Å². The molecule has 0 fully saturated rings. The number of hydrogen-bond donors (Lipinski definition) is 2. The lowest BCUT2D eigenvalue weighted by Gasteiger charge is -2.19. The molecule has 0 unspecified atom stereocenters. The Kier molecular flexibility index (Phi) is 9.20. The fourth-order valence-corrected chi connectivity index (χ4v) is 4.07. The van der Waals surface area contributed by atoms with Crippen LogP contribution in [0.15, 0.2) is 48.5 Å². The number of imide groups is 3. The second-order valence-electron chi connectivity index (χ2n) is 8.03. The zero-order chi connectivity index (χ0) is 26.9. The van der Waals surface area contributed by atoms with Crippen LogP contribution in [0.25, 0.3) is 11.1 Å². The molecule has 2 N–H and O–H groups in total. The number of benzene rings is 2. The number of carbonyl (C=O) groups is 5. The van der Waals surface area contributed by atoms with Crippen LogP contribution in [0.3, 0.4) is 0 Å². The van der Waals surface area contributed by atoms with E-state index in [1.54, 1.807) is 0 Å². The highest BCUT2D eigenvalue weighted by molar-refractivity contribution is 6.06. The number of aliphatic carboxylic acids is 1. The molecule has 1 aliphatic carbocycles. The van der Waals surface area contributed by atoms with Gasteiger partial charge < -0.3 is 24.6 Å². The van der Waals surface area contributed by atoms with Crippen molar-refractivity contribution >= 4 is 30.2 Å². The molecule has 0 spiro atoms. The SMILES string of the molecule is CCOC(=O)N(C(=O)CC[C@@H](NC(=O)OCC1c2ccccc2-c2ccccc21)C(=O)O)C(=O)OCC. The molecule has 1 aliphatic rings. The van der Waals surface area contributed by atoms with E-state index in [0.717, 1.165) is 22.3 Å². The predicted molar refractivity (Wildman–Crippen MR) is 130 cm³/mol. The Morgan fingerprint density at radius 3 is 1.86 bits per heavy atom. The number of carboxylic acids is 1. The van der Waals surface area contributed by atoms with Gasteiger partial charge in [0.25, 0.3) is 0 Å². The number of fused-ring (bicyclic) bond motifs is 3. The second-order valence-corrected chi connectivity index (χ2v) is 8.03. The summed E-state index contributed by atoms with van der Waals surface area (Å²) in [6, 6.07) is 14.0. The quantitative estimate of drug-likeness (QED) is 0.477. The Bertz CT molecular complexity index is 1120. The van der Waals surface area contributed by atoms with Crippen molar-refractivity contribution in [1.82, 2.24) is 10.2 Å². The minimum atomic E-state index is -1.51. The van der Waals surface area contributed by atoms with Gasteiger partial charge in [-0.05, 0) is 42.5 Å². The lowest BCUT2D eigenvalue weighted by atomic mass is 9.98. The maximum absolute atomic E-state index is 12.5. The zero-order valence-corrected chi connectivity index (χ0v) is 20.5. The number of nitrogens with zero attached hydrogens (tertiary/aromatic N) is 1. The lowest BCUT2D eigenvalue weighted by molar-refractivity contribution is -0.139. The number of alkyl carbamates (subject to hydrolysis) is 1. The van der Waals surface area contributed by atoms with Crippen molar-refractivity contribution in [2.75, 3.05) is 19.8 Å². The Labute approximate surface area is 213 Å². The normalized spacial score (nSPS) is 12.5. The summed E-state index contributed by atoms with van der Waals surface area (Å²) in [5.74, 6) is -2.66. The molecule has 0 aromatic heterocycles. The average Bonchev–Trinajstić information content (AvgIpc) is 3.19. The van der Waals surface area contributed by atoms with Crippen molar-refractivity contribution in [3.05, 3.63) is 59.7 Å². The van der Waals surface area contributed by atoms with Gasteiger partial charge in [-0.25, -0.2) is 19.2 Å². The topological polar surface area (TPSA) is 149 Å². The molecule has 1 atom stereocenters. The van der Waals surface area contributed by atoms with Gasteiger partial charge in [0.15, 0.2) is 0 Å². The molecular formula is C26H28N2O9. The Balaban J connectivity index is 1.61. The highest BCUT2D eigenvalue weighted by Gasteiger charge is 2.33. The molecular weight excluding hydrogens is 484 g/mol. The van der Waals surface area contributed by atoms with Gasteiger partial charge in [0.2, 0.25) is 5.91 Å². The van der Waals surface area contributed by atoms with Crippen molar-refractivity contribution in [2.45, 2.75) is 38.6 Å². The number of ether oxygens (including phenoxy) is 3. The zero-order valence-electron chi connectivity index (χ0n) is 20.5. The van der Waals surface area contributed by atoms with Gasteiger partial charge in [0.05, 0.1) is 13.2 Å². The number of nitrogens with one attached hydrogen (secondary N) is 1. The molecule has 11 heteroatoms. The van der Waals surface area contributed by atoms with E-state index in [1.807, 2.05) is 48.5 Å². The maximum atomic E-state index is 12.5. The minimum Gasteiger partial charge on any atom is -0.480 e. The molecule has 2 aromatic rings. The molecule has 196 valence electrons. The highest BCUT2D eigenvalue weighted by Crippen LogP contribution is 2.44. The standard InChI is InChI=1S/C26H28N2O9/c1-3-35-25(33)28(26(34)36-4-2)22(29)14-13-21(23(30)31)27-24(32)37-15-20-18-11-7-5-9-16(18)17-10-6-8-12-19(17)20/h5-12,20-21H,3-4,13-15H2,1-2H3,(H,27,32)(H,30,31)/t21-/m1/s1. The number of hydrogen-bond acceptors (Lipinski definition) is 8. The van der Waals surface area contributed by atoms with E-state index < -0.39 is 49.0 Å². The molecule has 37 heavy (non-hydrogen) atoms. The summed E-state index contributed by atoms with van der Waals surface area (Å²) in [6.45, 7) is 2.77. The van der Waals surface area contributed by atoms with Gasteiger partial charge in [-0.2, -0.15) is 0 Å². The third-order valence-electron chi connectivity index (χ3n) is 5.73. The van der Waals surface area contributed by atoms with Gasteiger partial charge in [0.1, 0.15) is 12.6 Å². The average molecular weight is 513 g/mol. The smallest absolute Gasteiger partial charge is 0.426 e. The van der Waals surface area contributed by atoms with Crippen molar-refractivity contribution in [3.8, 4) is 11.1 Å². The van der Waals surface area contributed by atoms with E-state index in [0.29, 0.717) is 0 Å². The minimum absolute atomic E-state index is 0.0232. The molecule has 0 radical (unpaired) electrons. The summed E-state index contributed by atoms with van der Waals surface area (Å²) in [5, 5.41) is 11.7. The van der Waals surface area contributed by atoms with Crippen LogP contribution in [0.5, 0.6) is 0 Å². The van der Waals surface area contributed by atoms with E-state index in [-0.39, 0.29) is 30.6 Å². The van der Waals surface area contributed by atoms with Gasteiger partial charge in [0, 0.05) is 12.3 Å². The van der Waals surface area contributed by atoms with Crippen LogP contribution in [0, 0.1) is 0 Å². The third kappa shape index (κ3) is 6.43. The van der Waals surface area contributed by atoms with E-state index in [4.69, 9.17) is 14.2 Å². The van der Waals surface area contributed by atoms with E-state index >= 15 is 0 Å². The van der Waals surface area contributed by atoms with E-state index in [1.165, 1.54) is 13.8 Å².